The molecule has 0 saturated carbocycles. The zero-order valence-electron chi connectivity index (χ0n) is 32.5. The molecule has 0 spiro atoms. The first kappa shape index (κ1) is 39.0. The van der Waals surface area contributed by atoms with Gasteiger partial charge in [-0.3, -0.25) is 19.6 Å². The van der Waals surface area contributed by atoms with Gasteiger partial charge in [-0.15, -0.1) is 0 Å². The largest absolute Gasteiger partial charge is 0.507 e. The molecule has 0 unspecified atom stereocenters. The topological polar surface area (TPSA) is 180 Å². The molecule has 10 heteroatoms. The normalized spacial score (nSPS) is 12.0. The van der Waals surface area contributed by atoms with E-state index in [1.54, 1.807) is 74.5 Å². The van der Waals surface area contributed by atoms with Crippen LogP contribution < -0.4 is 0 Å². The number of hydrogen-bond acceptors (Lipinski definition) is 10. The third kappa shape index (κ3) is 6.68. The fourth-order valence-electron chi connectivity index (χ4n) is 7.47. The Bertz CT molecular complexity index is 2470. The highest BCUT2D eigenvalue weighted by atomic mass is 16.3. The second-order valence-electron chi connectivity index (χ2n) is 14.8. The number of aryl methyl sites for hydroxylation is 2. The molecule has 6 N–H and O–H groups in total. The van der Waals surface area contributed by atoms with Gasteiger partial charge >= 0.3 is 0 Å². The van der Waals surface area contributed by atoms with Crippen molar-refractivity contribution in [3.05, 3.63) is 105 Å². The molecule has 0 aromatic heterocycles. The third-order valence-electron chi connectivity index (χ3n) is 10.2. The van der Waals surface area contributed by atoms with Gasteiger partial charge in [-0.1, -0.05) is 39.8 Å². The van der Waals surface area contributed by atoms with Crippen molar-refractivity contribution in [1.29, 1.82) is 0 Å². The summed E-state index contributed by atoms with van der Waals surface area (Å²) in [5, 5.41) is 71.6. The van der Waals surface area contributed by atoms with Gasteiger partial charge in [0.15, 0.2) is 34.6 Å². The van der Waals surface area contributed by atoms with Crippen LogP contribution in [0.1, 0.15) is 107 Å². The van der Waals surface area contributed by atoms with Crippen LogP contribution in [0.5, 0.6) is 34.5 Å². The number of hydrogen-bond donors (Lipinski definition) is 6. The van der Waals surface area contributed by atoms with Crippen LogP contribution in [0.3, 0.4) is 0 Å². The molecule has 6 aromatic carbocycles. The number of aromatic hydroxyl groups is 6. The van der Waals surface area contributed by atoms with E-state index in [9.17, 15) is 40.2 Å². The van der Waals surface area contributed by atoms with Crippen LogP contribution >= 0.6 is 0 Å². The molecule has 0 bridgehead atoms. The molecule has 10 nitrogen and oxygen atoms in total. The fourth-order valence-corrected chi connectivity index (χ4v) is 7.47. The standard InChI is InChI=1S/C46H44N2O8/c1-21(2)35-31-17-23(5)37(43(53)39(31)33(41(51)45(35)55)19-47-29-13-9-27(10-14-29)25(7)49)38-24(6)18-32-36(22(3)4)46(56)42(52)34(40(32)44(38)54)20-48-30-15-11-28(12-16-30)26(8)50/h9-22,51-56H,1-8H3. The summed E-state index contributed by atoms with van der Waals surface area (Å²) in [5.74, 6) is -3.05. The lowest BCUT2D eigenvalue weighted by atomic mass is 9.83. The Balaban J connectivity index is 1.67. The summed E-state index contributed by atoms with van der Waals surface area (Å²) in [5.41, 5.74) is 4.32. The zero-order valence-corrected chi connectivity index (χ0v) is 32.5. The van der Waals surface area contributed by atoms with Gasteiger partial charge in [0.05, 0.1) is 22.5 Å². The molecule has 6 rings (SSSR count). The van der Waals surface area contributed by atoms with Crippen molar-refractivity contribution in [3.63, 3.8) is 0 Å². The van der Waals surface area contributed by atoms with Crippen molar-refractivity contribution in [2.24, 2.45) is 9.98 Å². The first-order valence-corrected chi connectivity index (χ1v) is 18.2. The number of rotatable bonds is 9. The SMILES string of the molecule is CC(=O)c1ccc(N=Cc2c(O)c(O)c(C(C)C)c3cc(C)c(-c4c(C)cc5c(C(C)C)c(O)c(O)c(C=Nc6ccc(C(C)=O)cc6)c5c4O)c(O)c23)cc1. The van der Waals surface area contributed by atoms with Crippen LogP contribution in [-0.2, 0) is 0 Å². The number of phenols is 6. The van der Waals surface area contributed by atoms with E-state index in [0.29, 0.717) is 55.5 Å². The number of nitrogens with zero attached hydrogens (tertiary/aromatic N) is 2. The maximum absolute atomic E-state index is 12.4. The number of ketones is 2. The zero-order chi connectivity index (χ0) is 40.9. The van der Waals surface area contributed by atoms with Crippen molar-refractivity contribution < 1.29 is 40.2 Å². The number of carbonyl (C=O) groups excluding carboxylic acids is 2. The maximum atomic E-state index is 12.4. The Morgan fingerprint density at radius 3 is 1.12 bits per heavy atom. The number of benzene rings is 6. The van der Waals surface area contributed by atoms with Crippen LogP contribution in [-0.4, -0.2) is 54.6 Å². The van der Waals surface area contributed by atoms with Crippen molar-refractivity contribution in [2.45, 2.75) is 67.2 Å². The lowest BCUT2D eigenvalue weighted by Crippen LogP contribution is -2.01. The van der Waals surface area contributed by atoms with Crippen LogP contribution in [0.4, 0.5) is 11.4 Å². The van der Waals surface area contributed by atoms with Crippen LogP contribution in [0.2, 0.25) is 0 Å². The van der Waals surface area contributed by atoms with Gasteiger partial charge in [-0.2, -0.15) is 0 Å². The van der Waals surface area contributed by atoms with E-state index in [4.69, 9.17) is 0 Å². The van der Waals surface area contributed by atoms with Crippen molar-refractivity contribution >= 4 is 56.9 Å². The minimum Gasteiger partial charge on any atom is -0.507 e. The average molecular weight is 753 g/mol. The van der Waals surface area contributed by atoms with Crippen molar-refractivity contribution in [3.8, 4) is 45.6 Å². The molecule has 0 saturated heterocycles. The minimum atomic E-state index is -0.494. The van der Waals surface area contributed by atoms with Gasteiger partial charge in [-0.05, 0) is 110 Å². The molecule has 0 aliphatic heterocycles. The van der Waals surface area contributed by atoms with Gasteiger partial charge < -0.3 is 30.6 Å². The molecule has 0 fully saturated rings. The van der Waals surface area contributed by atoms with E-state index in [1.165, 1.54) is 26.3 Å². The molecule has 56 heavy (non-hydrogen) atoms. The number of Topliss-reactive ketones (excluding diaryl/α,β-unsaturated/α-hetero) is 2. The smallest absolute Gasteiger partial charge is 0.167 e. The summed E-state index contributed by atoms with van der Waals surface area (Å²) in [6.07, 6.45) is 2.67. The Morgan fingerprint density at radius 2 is 0.839 bits per heavy atom. The lowest BCUT2D eigenvalue weighted by molar-refractivity contribution is 0.100. The first-order chi connectivity index (χ1) is 26.4. The molecule has 0 aliphatic rings. The molecule has 0 amide bonds. The van der Waals surface area contributed by atoms with E-state index < -0.39 is 11.5 Å². The summed E-state index contributed by atoms with van der Waals surface area (Å²) in [7, 11) is 0. The summed E-state index contributed by atoms with van der Waals surface area (Å²) in [6.45, 7) is 13.9. The van der Waals surface area contributed by atoms with Crippen LogP contribution in [0, 0.1) is 13.8 Å². The molecule has 286 valence electrons. The van der Waals surface area contributed by atoms with E-state index in [1.807, 2.05) is 27.7 Å². The van der Waals surface area contributed by atoms with E-state index >= 15 is 0 Å². The van der Waals surface area contributed by atoms with Crippen molar-refractivity contribution in [1.82, 2.24) is 0 Å². The molecule has 0 radical (unpaired) electrons. The Hall–Kier alpha value is -6.68. The van der Waals surface area contributed by atoms with Gasteiger partial charge in [0.2, 0.25) is 0 Å². The molecular formula is C46H44N2O8. The predicted octanol–water partition coefficient (Wildman–Crippen LogP) is 10.7. The van der Waals surface area contributed by atoms with E-state index in [2.05, 4.69) is 9.98 Å². The highest BCUT2D eigenvalue weighted by Crippen LogP contribution is 2.54. The summed E-state index contributed by atoms with van der Waals surface area (Å²) >= 11 is 0. The molecule has 0 aliphatic carbocycles. The second kappa shape index (κ2) is 14.9. The summed E-state index contributed by atoms with van der Waals surface area (Å²) in [4.78, 5) is 32.7. The second-order valence-corrected chi connectivity index (χ2v) is 14.8. The monoisotopic (exact) mass is 752 g/mol. The summed E-state index contributed by atoms with van der Waals surface area (Å²) in [6, 6.07) is 16.6. The van der Waals surface area contributed by atoms with Crippen LogP contribution in [0.25, 0.3) is 32.7 Å². The first-order valence-electron chi connectivity index (χ1n) is 18.2. The van der Waals surface area contributed by atoms with Crippen molar-refractivity contribution in [2.75, 3.05) is 0 Å². The van der Waals surface area contributed by atoms with Crippen LogP contribution in [0.15, 0.2) is 70.6 Å². The quantitative estimate of drug-likeness (QED) is 0.0479. The van der Waals surface area contributed by atoms with Gasteiger partial charge in [0.1, 0.15) is 11.5 Å². The van der Waals surface area contributed by atoms with Gasteiger partial charge in [-0.25, -0.2) is 0 Å². The predicted molar refractivity (Wildman–Crippen MR) is 222 cm³/mol. The number of carbonyl (C=O) groups is 2. The highest BCUT2D eigenvalue weighted by Gasteiger charge is 2.29. The lowest BCUT2D eigenvalue weighted by Gasteiger charge is -2.23. The molecule has 6 aromatic rings. The Kier molecular flexibility index (Phi) is 10.4. The van der Waals surface area contributed by atoms with E-state index in [-0.39, 0.29) is 79.4 Å². The molecular weight excluding hydrogens is 709 g/mol. The maximum Gasteiger partial charge on any atom is 0.167 e. The third-order valence-corrected chi connectivity index (χ3v) is 10.2. The van der Waals surface area contributed by atoms with E-state index in [0.717, 1.165) is 0 Å². The Labute approximate surface area is 324 Å². The molecule has 0 atom stereocenters. The highest BCUT2D eigenvalue weighted by molar-refractivity contribution is 6.15. The number of aliphatic imine (C=N–C) groups is 2. The van der Waals surface area contributed by atoms with Gasteiger partial charge in [0, 0.05) is 56.6 Å². The molecule has 0 heterocycles. The number of phenolic OH excluding ortho intramolecular Hbond substituents is 6. The Morgan fingerprint density at radius 1 is 0.518 bits per heavy atom. The number of fused-ring (bicyclic) bond motifs is 2. The van der Waals surface area contributed by atoms with Gasteiger partial charge in [0.25, 0.3) is 0 Å². The average Bonchev–Trinajstić information content (AvgIpc) is 3.13. The fraction of sp³-hybridized carbons (Fsp3) is 0.217. The minimum absolute atomic E-state index is 0.0301. The summed E-state index contributed by atoms with van der Waals surface area (Å²) < 4.78 is 0.